The van der Waals surface area contributed by atoms with Gasteiger partial charge in [0, 0.05) is 30.7 Å². The number of nitrogens with zero attached hydrogens (tertiary/aromatic N) is 1. The molecule has 4 aromatic rings. The first kappa shape index (κ1) is 26.2. The van der Waals surface area contributed by atoms with E-state index < -0.39 is 12.3 Å². The summed E-state index contributed by atoms with van der Waals surface area (Å²) in [5.41, 5.74) is 4.03. The van der Waals surface area contributed by atoms with E-state index in [1.165, 1.54) is 24.3 Å². The fourth-order valence-corrected chi connectivity index (χ4v) is 4.39. The van der Waals surface area contributed by atoms with Crippen LogP contribution in [0.2, 0.25) is 0 Å². The molecule has 3 atom stereocenters. The van der Waals surface area contributed by atoms with Crippen LogP contribution < -0.4 is 4.90 Å². The molecule has 37 heavy (non-hydrogen) atoms. The van der Waals surface area contributed by atoms with Gasteiger partial charge >= 0.3 is 0 Å². The van der Waals surface area contributed by atoms with Crippen LogP contribution in [0, 0.1) is 5.82 Å². The number of anilines is 1. The predicted octanol–water partition coefficient (Wildman–Crippen LogP) is 5.28. The minimum atomic E-state index is -0.699. The summed E-state index contributed by atoms with van der Waals surface area (Å²) >= 11 is 0. The van der Waals surface area contributed by atoms with Crippen LogP contribution in [0.25, 0.3) is 11.1 Å². The first-order valence-corrected chi connectivity index (χ1v) is 12.1. The lowest BCUT2D eigenvalue weighted by Gasteiger charge is -2.47. The maximum atomic E-state index is 12.4. The van der Waals surface area contributed by atoms with E-state index in [0.717, 1.165) is 22.4 Å². The molecule has 1 aliphatic rings. The molecule has 6 nitrogen and oxygen atoms in total. The van der Waals surface area contributed by atoms with E-state index >= 15 is 0 Å². The molecule has 0 saturated carbocycles. The number of aromatic hydroxyl groups is 2. The molecule has 0 bridgehead atoms. The third kappa shape index (κ3) is 6.27. The Bertz CT molecular complexity index is 1300. The van der Waals surface area contributed by atoms with Gasteiger partial charge in [-0.25, -0.2) is 4.39 Å². The van der Waals surface area contributed by atoms with Gasteiger partial charge in [0.1, 0.15) is 23.5 Å². The van der Waals surface area contributed by atoms with Gasteiger partial charge in [-0.05, 0) is 59.2 Å². The Hall–Kier alpha value is -3.91. The summed E-state index contributed by atoms with van der Waals surface area (Å²) in [4.78, 5) is 1.91. The van der Waals surface area contributed by atoms with E-state index in [-0.39, 0.29) is 36.4 Å². The van der Waals surface area contributed by atoms with Crippen molar-refractivity contribution in [3.63, 3.8) is 0 Å². The Labute approximate surface area is 215 Å². The summed E-state index contributed by atoms with van der Waals surface area (Å²) in [7, 11) is 0. The van der Waals surface area contributed by atoms with E-state index in [1.54, 1.807) is 24.3 Å². The van der Waals surface area contributed by atoms with Gasteiger partial charge in [0.15, 0.2) is 0 Å². The van der Waals surface area contributed by atoms with Gasteiger partial charge in [-0.3, -0.25) is 0 Å². The third-order valence-electron chi connectivity index (χ3n) is 6.37. The van der Waals surface area contributed by atoms with Gasteiger partial charge in [-0.15, -0.1) is 0 Å². The fraction of sp³-hybridized carbons (Fsp3) is 0.200. The number of benzene rings is 4. The monoisotopic (exact) mass is 503 g/mol. The molecule has 0 spiro atoms. The zero-order valence-electron chi connectivity index (χ0n) is 20.2. The first-order valence-electron chi connectivity index (χ1n) is 12.1. The number of para-hydroxylation sites is 1. The molecule has 0 radical (unpaired) electrons. The number of hydrogen-bond donors (Lipinski definition) is 5. The van der Waals surface area contributed by atoms with Gasteiger partial charge in [0.2, 0.25) is 0 Å². The Balaban J connectivity index is 0.000000225. The standard InChI is InChI=1S/C21H19NO3.C9H11FO2/c23-17-8-4-5-14(11-17)15-9-10-18(20(24)12-15)19-13-21(25)22(19)16-6-2-1-3-7-16;10-8-3-1-7(2-4-8)9(12)5-6-11/h1-12,19,21,23-25H,13H2;1-4,9,11-12H,5-6H2. The maximum Gasteiger partial charge on any atom is 0.129 e. The van der Waals surface area contributed by atoms with Crippen LogP contribution in [0.3, 0.4) is 0 Å². The molecule has 0 amide bonds. The minimum absolute atomic E-state index is 0.0596. The quantitative estimate of drug-likeness (QED) is 0.245. The lowest BCUT2D eigenvalue weighted by molar-refractivity contribution is 0.0775. The number of aliphatic hydroxyl groups is 3. The van der Waals surface area contributed by atoms with Gasteiger partial charge < -0.3 is 30.4 Å². The fourth-order valence-electron chi connectivity index (χ4n) is 4.39. The van der Waals surface area contributed by atoms with Crippen LogP contribution in [-0.2, 0) is 0 Å². The molecule has 0 aliphatic carbocycles. The van der Waals surface area contributed by atoms with E-state index in [1.807, 2.05) is 53.4 Å². The molecule has 192 valence electrons. The molecule has 5 rings (SSSR count). The Morgan fingerprint density at radius 3 is 2.16 bits per heavy atom. The second-order valence-corrected chi connectivity index (χ2v) is 8.88. The third-order valence-corrected chi connectivity index (χ3v) is 6.37. The second-order valence-electron chi connectivity index (χ2n) is 8.88. The average molecular weight is 504 g/mol. The number of phenols is 2. The average Bonchev–Trinajstić information content (AvgIpc) is 2.89. The SMILES string of the molecule is OCCC(O)c1ccc(F)cc1.Oc1cccc(-c2ccc(C3CC(O)N3c3ccccc3)c(O)c2)c1. The lowest BCUT2D eigenvalue weighted by atomic mass is 9.90. The molecule has 4 aromatic carbocycles. The Morgan fingerprint density at radius 2 is 1.54 bits per heavy atom. The zero-order valence-corrected chi connectivity index (χ0v) is 20.2. The van der Waals surface area contributed by atoms with Crippen molar-refractivity contribution in [2.45, 2.75) is 31.2 Å². The smallest absolute Gasteiger partial charge is 0.129 e. The largest absolute Gasteiger partial charge is 0.508 e. The molecule has 3 unspecified atom stereocenters. The molecular formula is C30H30FNO5. The van der Waals surface area contributed by atoms with E-state index in [2.05, 4.69) is 0 Å². The molecule has 1 aliphatic heterocycles. The molecule has 1 fully saturated rings. The lowest BCUT2D eigenvalue weighted by Crippen LogP contribution is -2.50. The molecular weight excluding hydrogens is 473 g/mol. The van der Waals surface area contributed by atoms with Gasteiger partial charge in [0.05, 0.1) is 12.1 Å². The van der Waals surface area contributed by atoms with E-state index in [0.29, 0.717) is 12.0 Å². The van der Waals surface area contributed by atoms with Crippen molar-refractivity contribution in [1.82, 2.24) is 0 Å². The second kappa shape index (κ2) is 11.9. The summed E-state index contributed by atoms with van der Waals surface area (Å²) < 4.78 is 12.4. The van der Waals surface area contributed by atoms with Crippen LogP contribution in [0.5, 0.6) is 11.5 Å². The highest BCUT2D eigenvalue weighted by Gasteiger charge is 2.39. The maximum absolute atomic E-state index is 12.4. The van der Waals surface area contributed by atoms with Crippen LogP contribution >= 0.6 is 0 Å². The number of halogens is 1. The number of phenolic OH excluding ortho intramolecular Hbond substituents is 2. The van der Waals surface area contributed by atoms with Crippen molar-refractivity contribution in [3.05, 3.63) is 114 Å². The van der Waals surface area contributed by atoms with Crippen molar-refractivity contribution < 1.29 is 29.9 Å². The minimum Gasteiger partial charge on any atom is -0.508 e. The van der Waals surface area contributed by atoms with E-state index in [9.17, 15) is 24.8 Å². The highest BCUT2D eigenvalue weighted by molar-refractivity contribution is 5.68. The summed E-state index contributed by atoms with van der Waals surface area (Å²) in [6.45, 7) is -0.0709. The van der Waals surface area contributed by atoms with Crippen LogP contribution in [0.1, 0.15) is 36.1 Å². The molecule has 7 heteroatoms. The summed E-state index contributed by atoms with van der Waals surface area (Å²) in [6.07, 6.45) is -0.382. The van der Waals surface area contributed by atoms with Crippen LogP contribution in [0.15, 0.2) is 97.1 Å². The van der Waals surface area contributed by atoms with Gasteiger partial charge in [-0.1, -0.05) is 54.6 Å². The van der Waals surface area contributed by atoms with Crippen molar-refractivity contribution in [2.75, 3.05) is 11.5 Å². The predicted molar refractivity (Wildman–Crippen MR) is 141 cm³/mol. The van der Waals surface area contributed by atoms with Crippen molar-refractivity contribution in [2.24, 2.45) is 0 Å². The molecule has 0 aromatic heterocycles. The highest BCUT2D eigenvalue weighted by atomic mass is 19.1. The normalized spacial score (nSPS) is 17.4. The first-order chi connectivity index (χ1) is 17.9. The van der Waals surface area contributed by atoms with Crippen molar-refractivity contribution in [3.8, 4) is 22.6 Å². The van der Waals surface area contributed by atoms with Gasteiger partial charge in [-0.2, -0.15) is 0 Å². The summed E-state index contributed by atoms with van der Waals surface area (Å²) in [5, 5.41) is 48.2. The van der Waals surface area contributed by atoms with Crippen molar-refractivity contribution in [1.29, 1.82) is 0 Å². The van der Waals surface area contributed by atoms with Crippen molar-refractivity contribution >= 4 is 5.69 Å². The van der Waals surface area contributed by atoms with Crippen LogP contribution in [0.4, 0.5) is 10.1 Å². The molecule has 5 N–H and O–H groups in total. The molecule has 1 heterocycles. The Morgan fingerprint density at radius 1 is 0.838 bits per heavy atom. The number of aliphatic hydroxyl groups excluding tert-OH is 3. The molecule has 1 saturated heterocycles. The summed E-state index contributed by atoms with van der Waals surface area (Å²) in [5.74, 6) is 0.0621. The van der Waals surface area contributed by atoms with E-state index in [4.69, 9.17) is 5.11 Å². The number of hydrogen-bond acceptors (Lipinski definition) is 6. The topological polar surface area (TPSA) is 104 Å². The number of rotatable bonds is 6. The Kier molecular flexibility index (Phi) is 8.40. The summed E-state index contributed by atoms with van der Waals surface area (Å²) in [6, 6.07) is 27.7. The zero-order chi connectivity index (χ0) is 26.4. The van der Waals surface area contributed by atoms with Crippen LogP contribution in [-0.4, -0.2) is 38.4 Å². The van der Waals surface area contributed by atoms with Gasteiger partial charge in [0.25, 0.3) is 0 Å². The highest BCUT2D eigenvalue weighted by Crippen LogP contribution is 2.45.